The summed E-state index contributed by atoms with van der Waals surface area (Å²) in [6.45, 7) is 5.59. The third-order valence-electron chi connectivity index (χ3n) is 3.11. The molecule has 1 saturated heterocycles. The standard InChI is InChI=1S/C12H18N2O2/c1-3-6-14-7-5-13-12(14)11(15)10-4-8-16-9(10)2/h5,7,9-10H,3-4,6,8H2,1-2H3. The van der Waals surface area contributed by atoms with E-state index in [1.54, 1.807) is 6.20 Å². The van der Waals surface area contributed by atoms with Gasteiger partial charge in [0.15, 0.2) is 5.82 Å². The first-order chi connectivity index (χ1) is 7.74. The van der Waals surface area contributed by atoms with Crippen LogP contribution in [0.15, 0.2) is 12.4 Å². The Balaban J connectivity index is 2.16. The minimum atomic E-state index is -0.0157. The maximum absolute atomic E-state index is 12.3. The van der Waals surface area contributed by atoms with Crippen molar-refractivity contribution in [3.05, 3.63) is 18.2 Å². The van der Waals surface area contributed by atoms with E-state index in [1.165, 1.54) is 0 Å². The first kappa shape index (κ1) is 11.3. The fourth-order valence-electron chi connectivity index (χ4n) is 2.20. The van der Waals surface area contributed by atoms with Gasteiger partial charge in [0, 0.05) is 25.5 Å². The van der Waals surface area contributed by atoms with Gasteiger partial charge in [0.05, 0.1) is 12.0 Å². The van der Waals surface area contributed by atoms with Gasteiger partial charge in [-0.1, -0.05) is 6.92 Å². The average Bonchev–Trinajstić information content (AvgIpc) is 2.87. The molecule has 4 nitrogen and oxygen atoms in total. The zero-order valence-corrected chi connectivity index (χ0v) is 9.85. The Kier molecular flexibility index (Phi) is 3.39. The summed E-state index contributed by atoms with van der Waals surface area (Å²) in [5.41, 5.74) is 0. The lowest BCUT2D eigenvalue weighted by Gasteiger charge is -2.13. The molecule has 1 fully saturated rings. The van der Waals surface area contributed by atoms with Gasteiger partial charge >= 0.3 is 0 Å². The second-order valence-electron chi connectivity index (χ2n) is 4.28. The lowest BCUT2D eigenvalue weighted by molar-refractivity contribution is 0.0751. The van der Waals surface area contributed by atoms with E-state index in [9.17, 15) is 4.79 Å². The van der Waals surface area contributed by atoms with Crippen LogP contribution in [-0.4, -0.2) is 28.0 Å². The number of carbonyl (C=O) groups excluding carboxylic acids is 1. The molecule has 2 atom stereocenters. The molecule has 0 radical (unpaired) electrons. The van der Waals surface area contributed by atoms with Gasteiger partial charge in [0.25, 0.3) is 0 Å². The largest absolute Gasteiger partial charge is 0.378 e. The summed E-state index contributed by atoms with van der Waals surface area (Å²) in [6, 6.07) is 0. The number of rotatable bonds is 4. The van der Waals surface area contributed by atoms with E-state index in [1.807, 2.05) is 17.7 Å². The molecular weight excluding hydrogens is 204 g/mol. The molecule has 0 amide bonds. The molecule has 0 aliphatic carbocycles. The van der Waals surface area contributed by atoms with Crippen LogP contribution in [0.1, 0.15) is 37.3 Å². The van der Waals surface area contributed by atoms with Crippen LogP contribution in [0.5, 0.6) is 0 Å². The van der Waals surface area contributed by atoms with Gasteiger partial charge in [-0.25, -0.2) is 4.98 Å². The summed E-state index contributed by atoms with van der Waals surface area (Å²) in [5.74, 6) is 0.700. The van der Waals surface area contributed by atoms with Crippen LogP contribution in [0, 0.1) is 5.92 Å². The molecule has 1 aliphatic heterocycles. The third kappa shape index (κ3) is 2.02. The van der Waals surface area contributed by atoms with Crippen molar-refractivity contribution in [1.29, 1.82) is 0 Å². The molecule has 1 aliphatic rings. The summed E-state index contributed by atoms with van der Waals surface area (Å²) >= 11 is 0. The molecule has 2 unspecified atom stereocenters. The van der Waals surface area contributed by atoms with Gasteiger partial charge < -0.3 is 9.30 Å². The van der Waals surface area contributed by atoms with Gasteiger partial charge in [-0.3, -0.25) is 4.79 Å². The molecule has 4 heteroatoms. The number of Topliss-reactive ketones (excluding diaryl/α,β-unsaturated/α-hetero) is 1. The lowest BCUT2D eigenvalue weighted by Crippen LogP contribution is -2.24. The Morgan fingerprint density at radius 2 is 2.50 bits per heavy atom. The van der Waals surface area contributed by atoms with Crippen LogP contribution in [0.4, 0.5) is 0 Å². The predicted octanol–water partition coefficient (Wildman–Crippen LogP) is 1.90. The Morgan fingerprint density at radius 3 is 3.12 bits per heavy atom. The molecule has 1 aromatic heterocycles. The van der Waals surface area contributed by atoms with Crippen molar-refractivity contribution in [3.8, 4) is 0 Å². The maximum Gasteiger partial charge on any atom is 0.203 e. The molecule has 0 bridgehead atoms. The van der Waals surface area contributed by atoms with Crippen molar-refractivity contribution in [2.75, 3.05) is 6.61 Å². The SMILES string of the molecule is CCCn1ccnc1C(=O)C1CCOC1C. The van der Waals surface area contributed by atoms with Crippen molar-refractivity contribution >= 4 is 5.78 Å². The fourth-order valence-corrected chi connectivity index (χ4v) is 2.20. The molecule has 0 spiro atoms. The summed E-state index contributed by atoms with van der Waals surface area (Å²) < 4.78 is 7.36. The lowest BCUT2D eigenvalue weighted by atomic mass is 9.97. The van der Waals surface area contributed by atoms with E-state index < -0.39 is 0 Å². The number of carbonyl (C=O) groups is 1. The first-order valence-electron chi connectivity index (χ1n) is 5.91. The minimum absolute atomic E-state index is 0.0157. The second kappa shape index (κ2) is 4.78. The molecule has 0 aromatic carbocycles. The van der Waals surface area contributed by atoms with E-state index in [4.69, 9.17) is 4.74 Å². The summed E-state index contributed by atoms with van der Waals surface area (Å²) in [4.78, 5) is 16.4. The summed E-state index contributed by atoms with van der Waals surface area (Å²) in [5, 5.41) is 0. The highest BCUT2D eigenvalue weighted by molar-refractivity contribution is 5.95. The molecule has 2 rings (SSSR count). The quantitative estimate of drug-likeness (QED) is 0.731. The van der Waals surface area contributed by atoms with Gasteiger partial charge in [-0.15, -0.1) is 0 Å². The van der Waals surface area contributed by atoms with Gasteiger partial charge in [-0.2, -0.15) is 0 Å². The highest BCUT2D eigenvalue weighted by Gasteiger charge is 2.33. The third-order valence-corrected chi connectivity index (χ3v) is 3.11. The summed E-state index contributed by atoms with van der Waals surface area (Å²) in [7, 11) is 0. The number of aromatic nitrogens is 2. The number of ether oxygens (including phenoxy) is 1. The Hall–Kier alpha value is -1.16. The number of hydrogen-bond donors (Lipinski definition) is 0. The number of hydrogen-bond acceptors (Lipinski definition) is 3. The van der Waals surface area contributed by atoms with E-state index in [2.05, 4.69) is 11.9 Å². The Labute approximate surface area is 95.6 Å². The van der Waals surface area contributed by atoms with Crippen molar-refractivity contribution in [1.82, 2.24) is 9.55 Å². The monoisotopic (exact) mass is 222 g/mol. The van der Waals surface area contributed by atoms with Crippen LogP contribution in [-0.2, 0) is 11.3 Å². The zero-order valence-electron chi connectivity index (χ0n) is 9.85. The molecule has 0 saturated carbocycles. The van der Waals surface area contributed by atoms with E-state index in [-0.39, 0.29) is 17.8 Å². The van der Waals surface area contributed by atoms with Crippen molar-refractivity contribution in [3.63, 3.8) is 0 Å². The molecule has 2 heterocycles. The molecule has 88 valence electrons. The highest BCUT2D eigenvalue weighted by Crippen LogP contribution is 2.24. The number of aryl methyl sites for hydroxylation is 1. The molecular formula is C12H18N2O2. The van der Waals surface area contributed by atoms with Gasteiger partial charge in [0.1, 0.15) is 0 Å². The van der Waals surface area contributed by atoms with E-state index >= 15 is 0 Å². The average molecular weight is 222 g/mol. The molecule has 0 N–H and O–H groups in total. The molecule has 1 aromatic rings. The fraction of sp³-hybridized carbons (Fsp3) is 0.667. The molecule has 16 heavy (non-hydrogen) atoms. The number of nitrogens with zero attached hydrogens (tertiary/aromatic N) is 2. The number of imidazole rings is 1. The highest BCUT2D eigenvalue weighted by atomic mass is 16.5. The Bertz CT molecular complexity index is 373. The summed E-state index contributed by atoms with van der Waals surface area (Å²) in [6.07, 6.45) is 5.42. The normalized spacial score (nSPS) is 24.9. The van der Waals surface area contributed by atoms with Crippen LogP contribution in [0.25, 0.3) is 0 Å². The topological polar surface area (TPSA) is 44.1 Å². The van der Waals surface area contributed by atoms with Crippen molar-refractivity contribution in [2.45, 2.75) is 39.3 Å². The van der Waals surface area contributed by atoms with Crippen molar-refractivity contribution < 1.29 is 9.53 Å². The van der Waals surface area contributed by atoms with Crippen LogP contribution < -0.4 is 0 Å². The number of ketones is 1. The van der Waals surface area contributed by atoms with Gasteiger partial charge in [0.2, 0.25) is 5.78 Å². The minimum Gasteiger partial charge on any atom is -0.378 e. The van der Waals surface area contributed by atoms with Gasteiger partial charge in [-0.05, 0) is 19.8 Å². The van der Waals surface area contributed by atoms with Crippen LogP contribution in [0.3, 0.4) is 0 Å². The smallest absolute Gasteiger partial charge is 0.203 e. The first-order valence-corrected chi connectivity index (χ1v) is 5.91. The van der Waals surface area contributed by atoms with E-state index in [0.29, 0.717) is 12.4 Å². The Morgan fingerprint density at radius 1 is 1.69 bits per heavy atom. The zero-order chi connectivity index (χ0) is 11.5. The second-order valence-corrected chi connectivity index (χ2v) is 4.28. The van der Waals surface area contributed by atoms with Crippen LogP contribution >= 0.6 is 0 Å². The maximum atomic E-state index is 12.3. The van der Waals surface area contributed by atoms with Crippen LogP contribution in [0.2, 0.25) is 0 Å². The van der Waals surface area contributed by atoms with E-state index in [0.717, 1.165) is 19.4 Å². The van der Waals surface area contributed by atoms with Crippen molar-refractivity contribution in [2.24, 2.45) is 5.92 Å². The predicted molar refractivity (Wildman–Crippen MR) is 60.4 cm³/mol.